The van der Waals surface area contributed by atoms with E-state index in [1.54, 1.807) is 6.08 Å². The van der Waals surface area contributed by atoms with Crippen LogP contribution in [0, 0.1) is 5.92 Å². The molecule has 0 spiro atoms. The summed E-state index contributed by atoms with van der Waals surface area (Å²) in [5.74, 6) is -0.152. The molecule has 4 heteroatoms. The second-order valence-electron chi connectivity index (χ2n) is 5.26. The zero-order valence-corrected chi connectivity index (χ0v) is 13.3. The van der Waals surface area contributed by atoms with Crippen LogP contribution in [-0.2, 0) is 4.79 Å². The highest BCUT2D eigenvalue weighted by Gasteiger charge is 2.23. The Kier molecular flexibility index (Phi) is 5.24. The van der Waals surface area contributed by atoms with E-state index in [1.165, 1.54) is 25.3 Å². The highest BCUT2D eigenvalue weighted by atomic mass is 79.9. The van der Waals surface area contributed by atoms with Crippen LogP contribution >= 0.6 is 15.9 Å². The summed E-state index contributed by atoms with van der Waals surface area (Å²) in [6.45, 7) is 4.35. The van der Waals surface area contributed by atoms with Crippen LogP contribution in [0.15, 0.2) is 28.7 Å². The molecular formula is C16H20BrNO2. The highest BCUT2D eigenvalue weighted by Crippen LogP contribution is 2.31. The normalized spacial score (nSPS) is 18.9. The van der Waals surface area contributed by atoms with Crippen LogP contribution < -0.4 is 4.90 Å². The molecule has 1 unspecified atom stereocenters. The number of carbonyl (C=O) groups is 1. The number of anilines is 1. The van der Waals surface area contributed by atoms with E-state index in [9.17, 15) is 4.79 Å². The topological polar surface area (TPSA) is 40.5 Å². The molecule has 2 rings (SSSR count). The van der Waals surface area contributed by atoms with E-state index >= 15 is 0 Å². The standard InChI is InChI=1S/C16H20BrNO2/c1-2-3-12-8-9-18(11-12)15-6-5-14(17)10-13(15)4-7-16(19)20/h4-7,10,12H,2-3,8-9,11H2,1H3,(H,19,20)/b7-4+. The molecule has 0 amide bonds. The van der Waals surface area contributed by atoms with Crippen LogP contribution in [0.25, 0.3) is 6.08 Å². The number of hydrogen-bond acceptors (Lipinski definition) is 2. The first-order valence-electron chi connectivity index (χ1n) is 7.05. The fraction of sp³-hybridized carbons (Fsp3) is 0.438. The quantitative estimate of drug-likeness (QED) is 0.819. The lowest BCUT2D eigenvalue weighted by atomic mass is 10.0. The van der Waals surface area contributed by atoms with Gasteiger partial charge in [0.1, 0.15) is 0 Å². The molecule has 0 bridgehead atoms. The van der Waals surface area contributed by atoms with Gasteiger partial charge in [0.15, 0.2) is 0 Å². The van der Waals surface area contributed by atoms with Crippen LogP contribution in [0.1, 0.15) is 31.7 Å². The Bertz CT molecular complexity index is 513. The van der Waals surface area contributed by atoms with Crippen molar-refractivity contribution in [1.82, 2.24) is 0 Å². The molecule has 1 aromatic carbocycles. The molecule has 1 aliphatic rings. The van der Waals surface area contributed by atoms with Crippen molar-refractivity contribution in [1.29, 1.82) is 0 Å². The Morgan fingerprint density at radius 3 is 3.05 bits per heavy atom. The van der Waals surface area contributed by atoms with Crippen LogP contribution in [-0.4, -0.2) is 24.2 Å². The zero-order chi connectivity index (χ0) is 14.5. The predicted octanol–water partition coefficient (Wildman–Crippen LogP) is 4.17. The largest absolute Gasteiger partial charge is 0.478 e. The molecule has 1 fully saturated rings. The molecule has 0 aromatic heterocycles. The number of carboxylic acid groups (broad SMARTS) is 1. The maximum absolute atomic E-state index is 10.7. The first-order chi connectivity index (χ1) is 9.60. The summed E-state index contributed by atoms with van der Waals surface area (Å²) in [5.41, 5.74) is 2.09. The number of halogens is 1. The minimum atomic E-state index is -0.916. The lowest BCUT2D eigenvalue weighted by Crippen LogP contribution is -2.20. The number of nitrogens with zero attached hydrogens (tertiary/aromatic N) is 1. The van der Waals surface area contributed by atoms with Gasteiger partial charge < -0.3 is 10.0 Å². The van der Waals surface area contributed by atoms with Gasteiger partial charge >= 0.3 is 5.97 Å². The fourth-order valence-electron chi connectivity index (χ4n) is 2.80. The van der Waals surface area contributed by atoms with Crippen molar-refractivity contribution in [2.75, 3.05) is 18.0 Å². The SMILES string of the molecule is CCCC1CCN(c2ccc(Br)cc2/C=C/C(=O)O)C1. The summed E-state index contributed by atoms with van der Waals surface area (Å²) in [7, 11) is 0. The molecule has 1 heterocycles. The molecule has 0 saturated carbocycles. The second kappa shape index (κ2) is 6.93. The third-order valence-electron chi connectivity index (χ3n) is 3.72. The molecule has 0 radical (unpaired) electrons. The summed E-state index contributed by atoms with van der Waals surface area (Å²) >= 11 is 3.45. The van der Waals surface area contributed by atoms with Crippen LogP contribution in [0.3, 0.4) is 0 Å². The first-order valence-corrected chi connectivity index (χ1v) is 7.85. The molecule has 108 valence electrons. The smallest absolute Gasteiger partial charge is 0.328 e. The maximum atomic E-state index is 10.7. The monoisotopic (exact) mass is 337 g/mol. The Morgan fingerprint density at radius 1 is 1.55 bits per heavy atom. The number of aliphatic carboxylic acids is 1. The average Bonchev–Trinajstić information content (AvgIpc) is 2.85. The van der Waals surface area contributed by atoms with Gasteiger partial charge in [-0.2, -0.15) is 0 Å². The van der Waals surface area contributed by atoms with Crippen molar-refractivity contribution in [3.8, 4) is 0 Å². The average molecular weight is 338 g/mol. The van der Waals surface area contributed by atoms with Gasteiger partial charge in [-0.15, -0.1) is 0 Å². The predicted molar refractivity (Wildman–Crippen MR) is 86.0 cm³/mol. The van der Waals surface area contributed by atoms with E-state index in [2.05, 4.69) is 33.8 Å². The van der Waals surface area contributed by atoms with Crippen molar-refractivity contribution in [3.05, 3.63) is 34.3 Å². The molecule has 1 saturated heterocycles. The van der Waals surface area contributed by atoms with Crippen LogP contribution in [0.4, 0.5) is 5.69 Å². The van der Waals surface area contributed by atoms with Crippen LogP contribution in [0.5, 0.6) is 0 Å². The Hall–Kier alpha value is -1.29. The van der Waals surface area contributed by atoms with E-state index in [0.717, 1.165) is 34.7 Å². The van der Waals surface area contributed by atoms with Crippen molar-refractivity contribution in [2.45, 2.75) is 26.2 Å². The maximum Gasteiger partial charge on any atom is 0.328 e. The molecule has 3 nitrogen and oxygen atoms in total. The zero-order valence-electron chi connectivity index (χ0n) is 11.7. The molecular weight excluding hydrogens is 318 g/mol. The lowest BCUT2D eigenvalue weighted by Gasteiger charge is -2.21. The third-order valence-corrected chi connectivity index (χ3v) is 4.21. The van der Waals surface area contributed by atoms with Crippen LogP contribution in [0.2, 0.25) is 0 Å². The Balaban J connectivity index is 2.21. The Morgan fingerprint density at radius 2 is 2.35 bits per heavy atom. The second-order valence-corrected chi connectivity index (χ2v) is 6.18. The molecule has 1 atom stereocenters. The first kappa shape index (κ1) is 15.1. The lowest BCUT2D eigenvalue weighted by molar-refractivity contribution is -0.131. The minimum absolute atomic E-state index is 0.764. The summed E-state index contributed by atoms with van der Waals surface area (Å²) in [6.07, 6.45) is 6.60. The summed E-state index contributed by atoms with van der Waals surface area (Å²) in [5, 5.41) is 8.80. The van der Waals surface area contributed by atoms with Gasteiger partial charge in [0.2, 0.25) is 0 Å². The molecule has 0 aliphatic carbocycles. The molecule has 20 heavy (non-hydrogen) atoms. The number of carboxylic acids is 1. The van der Waals surface area contributed by atoms with Gasteiger partial charge in [0.25, 0.3) is 0 Å². The van der Waals surface area contributed by atoms with Gasteiger partial charge in [-0.25, -0.2) is 4.79 Å². The summed E-state index contributed by atoms with van der Waals surface area (Å²) in [4.78, 5) is 13.1. The highest BCUT2D eigenvalue weighted by molar-refractivity contribution is 9.10. The number of hydrogen-bond donors (Lipinski definition) is 1. The number of benzene rings is 1. The minimum Gasteiger partial charge on any atom is -0.478 e. The number of rotatable bonds is 5. The van der Waals surface area contributed by atoms with Gasteiger partial charge in [-0.1, -0.05) is 29.3 Å². The fourth-order valence-corrected chi connectivity index (χ4v) is 3.18. The van der Waals surface area contributed by atoms with Crippen molar-refractivity contribution in [2.24, 2.45) is 5.92 Å². The van der Waals surface area contributed by atoms with Gasteiger partial charge in [-0.05, 0) is 48.6 Å². The summed E-state index contributed by atoms with van der Waals surface area (Å²) < 4.78 is 0.968. The van der Waals surface area contributed by atoms with E-state index < -0.39 is 5.97 Å². The van der Waals surface area contributed by atoms with Gasteiger partial charge in [0.05, 0.1) is 0 Å². The van der Waals surface area contributed by atoms with Gasteiger partial charge in [0, 0.05) is 29.3 Å². The van der Waals surface area contributed by atoms with Gasteiger partial charge in [-0.3, -0.25) is 0 Å². The Labute approximate surface area is 128 Å². The van der Waals surface area contributed by atoms with E-state index in [0.29, 0.717) is 0 Å². The molecule has 1 aliphatic heterocycles. The third kappa shape index (κ3) is 3.85. The van der Waals surface area contributed by atoms with E-state index in [4.69, 9.17) is 5.11 Å². The van der Waals surface area contributed by atoms with Crippen molar-refractivity contribution >= 4 is 33.7 Å². The molecule has 1 aromatic rings. The van der Waals surface area contributed by atoms with E-state index in [1.807, 2.05) is 12.1 Å². The summed E-state index contributed by atoms with van der Waals surface area (Å²) in [6, 6.07) is 6.06. The van der Waals surface area contributed by atoms with Crippen molar-refractivity contribution in [3.63, 3.8) is 0 Å². The van der Waals surface area contributed by atoms with Crippen molar-refractivity contribution < 1.29 is 9.90 Å². The molecule has 1 N–H and O–H groups in total. The van der Waals surface area contributed by atoms with E-state index in [-0.39, 0.29) is 0 Å².